The fraction of sp³-hybridized carbons (Fsp3) is 0.308. The highest BCUT2D eigenvalue weighted by Gasteiger charge is 2.14. The average molecular weight is 390 g/mol. The molecule has 0 spiro atoms. The normalized spacial score (nSPS) is 10.1. The van der Waals surface area contributed by atoms with Crippen LogP contribution in [0.1, 0.15) is 17.3 Å². The maximum atomic E-state index is 11.9. The Morgan fingerprint density at radius 1 is 1.55 bits per heavy atom. The Morgan fingerprint density at radius 2 is 2.25 bits per heavy atom. The van der Waals surface area contributed by atoms with Crippen LogP contribution < -0.4 is 5.32 Å². The molecule has 6 nitrogen and oxygen atoms in total. The standard InChI is InChI=1S/C13H15IN2O4/c1-9(2)8-20-6-5-15-13(17)11-7-10(16(18)19)3-4-12(11)14/h3-4,7H,1,5-6,8H2,2H3,(H,15,17). The molecule has 0 aliphatic heterocycles. The minimum absolute atomic E-state index is 0.103. The zero-order valence-electron chi connectivity index (χ0n) is 11.0. The van der Waals surface area contributed by atoms with Gasteiger partial charge in [0.2, 0.25) is 0 Å². The Kier molecular flexibility index (Phi) is 6.59. The quantitative estimate of drug-likeness (QED) is 0.255. The average Bonchev–Trinajstić information content (AvgIpc) is 2.37. The van der Waals surface area contributed by atoms with Crippen LogP contribution in [0.5, 0.6) is 0 Å². The van der Waals surface area contributed by atoms with Gasteiger partial charge in [-0.1, -0.05) is 12.2 Å². The van der Waals surface area contributed by atoms with Crippen molar-refractivity contribution in [3.8, 4) is 0 Å². The smallest absolute Gasteiger partial charge is 0.270 e. The largest absolute Gasteiger partial charge is 0.375 e. The van der Waals surface area contributed by atoms with Gasteiger partial charge in [0.1, 0.15) is 0 Å². The molecular formula is C13H15IN2O4. The molecule has 1 aromatic carbocycles. The first-order valence-corrected chi connectivity index (χ1v) is 6.94. The van der Waals surface area contributed by atoms with Crippen molar-refractivity contribution in [1.29, 1.82) is 0 Å². The first-order valence-electron chi connectivity index (χ1n) is 5.86. The maximum absolute atomic E-state index is 11.9. The summed E-state index contributed by atoms with van der Waals surface area (Å²) in [7, 11) is 0. The van der Waals surface area contributed by atoms with Crippen LogP contribution in [0.3, 0.4) is 0 Å². The molecule has 0 heterocycles. The van der Waals surface area contributed by atoms with Crippen molar-refractivity contribution in [3.63, 3.8) is 0 Å². The van der Waals surface area contributed by atoms with Crippen LogP contribution in [0.2, 0.25) is 0 Å². The summed E-state index contributed by atoms with van der Waals surface area (Å²) in [5.74, 6) is -0.350. The van der Waals surface area contributed by atoms with E-state index in [4.69, 9.17) is 4.74 Å². The van der Waals surface area contributed by atoms with Gasteiger partial charge in [-0.05, 0) is 35.6 Å². The minimum atomic E-state index is -0.525. The fourth-order valence-electron chi connectivity index (χ4n) is 1.38. The molecule has 0 bridgehead atoms. The van der Waals surface area contributed by atoms with Gasteiger partial charge >= 0.3 is 0 Å². The predicted molar refractivity (Wildman–Crippen MR) is 83.8 cm³/mol. The monoisotopic (exact) mass is 390 g/mol. The molecular weight excluding hydrogens is 375 g/mol. The molecule has 0 radical (unpaired) electrons. The Hall–Kier alpha value is -1.48. The number of hydrogen-bond acceptors (Lipinski definition) is 4. The Balaban J connectivity index is 2.57. The van der Waals surface area contributed by atoms with Crippen LogP contribution in [0, 0.1) is 13.7 Å². The molecule has 0 saturated carbocycles. The van der Waals surface area contributed by atoms with Crippen molar-refractivity contribution in [3.05, 3.63) is 49.6 Å². The van der Waals surface area contributed by atoms with Crippen molar-refractivity contribution >= 4 is 34.2 Å². The Labute approximate surface area is 130 Å². The number of halogens is 1. The molecule has 0 unspecified atom stereocenters. The summed E-state index contributed by atoms with van der Waals surface area (Å²) in [6.45, 7) is 6.70. The number of nitro benzene ring substituents is 1. The summed E-state index contributed by atoms with van der Waals surface area (Å²) < 4.78 is 5.91. The van der Waals surface area contributed by atoms with E-state index in [2.05, 4.69) is 11.9 Å². The van der Waals surface area contributed by atoms with Gasteiger partial charge in [0.15, 0.2) is 0 Å². The van der Waals surface area contributed by atoms with Crippen LogP contribution in [0.4, 0.5) is 5.69 Å². The van der Waals surface area contributed by atoms with Crippen LogP contribution in [0.15, 0.2) is 30.4 Å². The highest BCUT2D eigenvalue weighted by molar-refractivity contribution is 14.1. The molecule has 108 valence electrons. The highest BCUT2D eigenvalue weighted by atomic mass is 127. The molecule has 0 saturated heterocycles. The molecule has 1 aromatic rings. The number of nitrogens with zero attached hydrogens (tertiary/aromatic N) is 1. The first-order chi connectivity index (χ1) is 9.41. The summed E-state index contributed by atoms with van der Waals surface area (Å²) in [5.41, 5.74) is 1.10. The third-order valence-electron chi connectivity index (χ3n) is 2.29. The molecule has 1 N–H and O–H groups in total. The predicted octanol–water partition coefficient (Wildman–Crippen LogP) is 2.52. The van der Waals surface area contributed by atoms with Gasteiger partial charge in [0, 0.05) is 22.2 Å². The van der Waals surface area contributed by atoms with Crippen molar-refractivity contribution in [1.82, 2.24) is 5.32 Å². The minimum Gasteiger partial charge on any atom is -0.375 e. The third-order valence-corrected chi connectivity index (χ3v) is 3.23. The molecule has 0 fully saturated rings. The second-order valence-electron chi connectivity index (χ2n) is 4.19. The number of carbonyl (C=O) groups is 1. The van der Waals surface area contributed by atoms with Crippen molar-refractivity contribution < 1.29 is 14.5 Å². The molecule has 0 atom stereocenters. The molecule has 1 rings (SSSR count). The van der Waals surface area contributed by atoms with Gasteiger partial charge in [-0.15, -0.1) is 0 Å². The number of nitrogens with one attached hydrogen (secondary N) is 1. The topological polar surface area (TPSA) is 81.5 Å². The fourth-order valence-corrected chi connectivity index (χ4v) is 1.96. The van der Waals surface area contributed by atoms with E-state index < -0.39 is 4.92 Å². The van der Waals surface area contributed by atoms with Crippen LogP contribution in [-0.4, -0.2) is 30.6 Å². The van der Waals surface area contributed by atoms with Crippen LogP contribution in [0.25, 0.3) is 0 Å². The molecule has 20 heavy (non-hydrogen) atoms. The number of carbonyl (C=O) groups excluding carboxylic acids is 1. The SMILES string of the molecule is C=C(C)COCCNC(=O)c1cc([N+](=O)[O-])ccc1I. The third kappa shape index (κ3) is 5.25. The van der Waals surface area contributed by atoms with Crippen LogP contribution >= 0.6 is 22.6 Å². The van der Waals surface area contributed by atoms with Crippen molar-refractivity contribution in [2.45, 2.75) is 6.92 Å². The van der Waals surface area contributed by atoms with E-state index >= 15 is 0 Å². The molecule has 0 aliphatic rings. The lowest BCUT2D eigenvalue weighted by molar-refractivity contribution is -0.384. The number of benzene rings is 1. The number of non-ortho nitro benzene ring substituents is 1. The highest BCUT2D eigenvalue weighted by Crippen LogP contribution is 2.19. The van der Waals surface area contributed by atoms with E-state index in [1.54, 1.807) is 6.07 Å². The van der Waals surface area contributed by atoms with Crippen LogP contribution in [-0.2, 0) is 4.74 Å². The van der Waals surface area contributed by atoms with Gasteiger partial charge < -0.3 is 10.1 Å². The number of nitro groups is 1. The second-order valence-corrected chi connectivity index (χ2v) is 5.35. The first kappa shape index (κ1) is 16.6. The van der Waals surface area contributed by atoms with Gasteiger partial charge in [-0.25, -0.2) is 0 Å². The van der Waals surface area contributed by atoms with Gasteiger partial charge in [0.05, 0.1) is 23.7 Å². The number of amides is 1. The van der Waals surface area contributed by atoms with E-state index in [-0.39, 0.29) is 11.6 Å². The van der Waals surface area contributed by atoms with Crippen molar-refractivity contribution in [2.75, 3.05) is 19.8 Å². The number of ether oxygens (including phenoxy) is 1. The van der Waals surface area contributed by atoms with E-state index in [0.717, 1.165) is 5.57 Å². The lowest BCUT2D eigenvalue weighted by Crippen LogP contribution is -2.28. The van der Waals surface area contributed by atoms with Crippen molar-refractivity contribution in [2.24, 2.45) is 0 Å². The summed E-state index contributed by atoms with van der Waals surface area (Å²) in [4.78, 5) is 22.1. The van der Waals surface area contributed by atoms with E-state index in [1.807, 2.05) is 29.5 Å². The van der Waals surface area contributed by atoms with Gasteiger partial charge in [-0.2, -0.15) is 0 Å². The summed E-state index contributed by atoms with van der Waals surface area (Å²) in [6, 6.07) is 4.19. The Morgan fingerprint density at radius 3 is 2.85 bits per heavy atom. The lowest BCUT2D eigenvalue weighted by atomic mass is 10.2. The summed E-state index contributed by atoms with van der Waals surface area (Å²) in [5, 5.41) is 13.4. The number of hydrogen-bond donors (Lipinski definition) is 1. The van der Waals surface area contributed by atoms with Gasteiger partial charge in [0.25, 0.3) is 11.6 Å². The number of rotatable bonds is 7. The molecule has 0 aromatic heterocycles. The van der Waals surface area contributed by atoms with E-state index in [1.165, 1.54) is 12.1 Å². The second kappa shape index (κ2) is 7.95. The van der Waals surface area contributed by atoms with E-state index in [9.17, 15) is 14.9 Å². The molecule has 1 amide bonds. The molecule has 0 aliphatic carbocycles. The Bertz CT molecular complexity index is 531. The van der Waals surface area contributed by atoms with E-state index in [0.29, 0.717) is 28.9 Å². The lowest BCUT2D eigenvalue weighted by Gasteiger charge is -2.07. The zero-order chi connectivity index (χ0) is 15.1. The van der Waals surface area contributed by atoms with Gasteiger partial charge in [-0.3, -0.25) is 14.9 Å². The molecule has 7 heteroatoms. The maximum Gasteiger partial charge on any atom is 0.270 e. The summed E-state index contributed by atoms with van der Waals surface area (Å²) >= 11 is 1.97. The summed E-state index contributed by atoms with van der Waals surface area (Å²) in [6.07, 6.45) is 0. The zero-order valence-corrected chi connectivity index (χ0v) is 13.2.